The second-order valence-electron chi connectivity index (χ2n) is 16.4. The molecule has 0 bridgehead atoms. The number of carbonyl (C=O) groups is 2. The Labute approximate surface area is 313 Å². The molecule has 0 spiro atoms. The quantitative estimate of drug-likeness (QED) is 0.108. The third-order valence-corrected chi connectivity index (χ3v) is 9.16. The molecule has 2 saturated heterocycles. The van der Waals surface area contributed by atoms with E-state index in [2.05, 4.69) is 20.0 Å². The van der Waals surface area contributed by atoms with E-state index >= 15 is 0 Å². The number of unbranched alkanes of at least 4 members (excludes halogenated alkanes) is 7. The van der Waals surface area contributed by atoms with Crippen LogP contribution in [0.3, 0.4) is 0 Å². The number of aliphatic hydroxyl groups excluding tert-OH is 4. The zero-order chi connectivity index (χ0) is 38.6. The Morgan fingerprint density at radius 2 is 1.17 bits per heavy atom. The molecule has 2 aliphatic rings. The SMILES string of the molecule is CC(C)(C)OC(=O)CN1CCCN(CCCCCCCCCCO[C@@H]2OC(CO)[C@@H](O)C(O)C2O)CCN(CC(=O)OC(C)(C)C)CCCNCC1. The van der Waals surface area contributed by atoms with Crippen molar-refractivity contribution in [3.63, 3.8) is 0 Å². The summed E-state index contributed by atoms with van der Waals surface area (Å²) in [6.45, 7) is 19.4. The van der Waals surface area contributed by atoms with Crippen LogP contribution in [0.4, 0.5) is 0 Å². The monoisotopic (exact) mass is 747 g/mol. The number of esters is 2. The van der Waals surface area contributed by atoms with Gasteiger partial charge in [-0.2, -0.15) is 0 Å². The first-order valence-corrected chi connectivity index (χ1v) is 19.8. The Balaban J connectivity index is 1.78. The van der Waals surface area contributed by atoms with E-state index in [1.54, 1.807) is 0 Å². The molecule has 2 fully saturated rings. The number of nitrogens with one attached hydrogen (secondary N) is 1. The minimum absolute atomic E-state index is 0.188. The smallest absolute Gasteiger partial charge is 0.320 e. The summed E-state index contributed by atoms with van der Waals surface area (Å²) in [7, 11) is 0. The number of aliphatic hydroxyl groups is 4. The number of nitrogens with zero attached hydrogens (tertiary/aromatic N) is 3. The highest BCUT2D eigenvalue weighted by molar-refractivity contribution is 5.72. The van der Waals surface area contributed by atoms with E-state index in [1.165, 1.54) is 0 Å². The van der Waals surface area contributed by atoms with Gasteiger partial charge in [0.25, 0.3) is 0 Å². The molecule has 0 aromatic heterocycles. The molecular weight excluding hydrogens is 672 g/mol. The summed E-state index contributed by atoms with van der Waals surface area (Å²) in [6.07, 6.45) is 4.22. The first-order chi connectivity index (χ1) is 24.6. The van der Waals surface area contributed by atoms with Gasteiger partial charge >= 0.3 is 11.9 Å². The van der Waals surface area contributed by atoms with Crippen LogP contribution in [0.1, 0.15) is 106 Å². The van der Waals surface area contributed by atoms with Crippen LogP contribution in [0.5, 0.6) is 0 Å². The van der Waals surface area contributed by atoms with Crippen molar-refractivity contribution in [1.82, 2.24) is 20.0 Å². The molecule has 0 aromatic carbocycles. The largest absolute Gasteiger partial charge is 0.459 e. The first kappa shape index (κ1) is 46.7. The van der Waals surface area contributed by atoms with Crippen LogP contribution in [0.25, 0.3) is 0 Å². The van der Waals surface area contributed by atoms with E-state index in [0.717, 1.165) is 123 Å². The van der Waals surface area contributed by atoms with Crippen LogP contribution in [0.2, 0.25) is 0 Å². The van der Waals surface area contributed by atoms with Gasteiger partial charge < -0.3 is 49.6 Å². The predicted octanol–water partition coefficient (Wildman–Crippen LogP) is 1.90. The van der Waals surface area contributed by atoms with Gasteiger partial charge in [-0.25, -0.2) is 0 Å². The molecule has 0 saturated carbocycles. The fourth-order valence-electron chi connectivity index (χ4n) is 6.48. The molecule has 0 aromatic rings. The molecule has 2 heterocycles. The molecule has 5 N–H and O–H groups in total. The number of hydrogen-bond acceptors (Lipinski definition) is 14. The van der Waals surface area contributed by atoms with E-state index in [-0.39, 0.29) is 25.0 Å². The third-order valence-electron chi connectivity index (χ3n) is 9.16. The summed E-state index contributed by atoms with van der Waals surface area (Å²) in [6, 6.07) is 0. The highest BCUT2D eigenvalue weighted by Crippen LogP contribution is 2.22. The molecule has 52 heavy (non-hydrogen) atoms. The van der Waals surface area contributed by atoms with E-state index < -0.39 is 48.5 Å². The minimum atomic E-state index is -1.42. The lowest BCUT2D eigenvalue weighted by atomic mass is 9.99. The standard InChI is InChI=1S/C38H74N4O10/c1-37(2,3)51-31(44)27-41-22-16-21-40(24-25-42(20-15-17-39-18-23-41)28-32(45)52-38(4,5)6)19-13-11-9-7-8-10-12-14-26-49-36-35(48)34(47)33(46)30(29-43)50-36/h30,33-36,39,43,46-48H,7-29H2,1-6H3/t30?,33-,34?,35?,36-/m1/s1. The Morgan fingerprint density at radius 3 is 1.77 bits per heavy atom. The van der Waals surface area contributed by atoms with Crippen molar-refractivity contribution in [2.24, 2.45) is 0 Å². The van der Waals surface area contributed by atoms with Gasteiger partial charge in [0.05, 0.1) is 19.7 Å². The lowest BCUT2D eigenvalue weighted by molar-refractivity contribution is -0.301. The van der Waals surface area contributed by atoms with Gasteiger partial charge in [-0.1, -0.05) is 38.5 Å². The fraction of sp³-hybridized carbons (Fsp3) is 0.947. The Hall–Kier alpha value is -1.46. The second-order valence-corrected chi connectivity index (χ2v) is 16.4. The van der Waals surface area contributed by atoms with Crippen LogP contribution in [-0.4, -0.2) is 174 Å². The van der Waals surface area contributed by atoms with Gasteiger partial charge in [-0.15, -0.1) is 0 Å². The van der Waals surface area contributed by atoms with Crippen LogP contribution in [0, 0.1) is 0 Å². The van der Waals surface area contributed by atoms with Crippen molar-refractivity contribution in [1.29, 1.82) is 0 Å². The predicted molar refractivity (Wildman–Crippen MR) is 200 cm³/mol. The zero-order valence-corrected chi connectivity index (χ0v) is 33.2. The van der Waals surface area contributed by atoms with Gasteiger partial charge in [0.1, 0.15) is 35.6 Å². The molecule has 14 nitrogen and oxygen atoms in total. The lowest BCUT2D eigenvalue weighted by Gasteiger charge is -2.39. The van der Waals surface area contributed by atoms with E-state index in [9.17, 15) is 30.0 Å². The summed E-state index contributed by atoms with van der Waals surface area (Å²) in [5, 5.41) is 42.7. The molecule has 14 heteroatoms. The zero-order valence-electron chi connectivity index (χ0n) is 33.2. The van der Waals surface area contributed by atoms with Gasteiger partial charge in [-0.3, -0.25) is 19.4 Å². The summed E-state index contributed by atoms with van der Waals surface area (Å²) in [5.41, 5.74) is -1.01. The number of hydrogen-bond donors (Lipinski definition) is 5. The van der Waals surface area contributed by atoms with Gasteiger partial charge in [0.2, 0.25) is 0 Å². The van der Waals surface area contributed by atoms with Gasteiger partial charge in [0.15, 0.2) is 6.29 Å². The minimum Gasteiger partial charge on any atom is -0.459 e. The van der Waals surface area contributed by atoms with Crippen LogP contribution in [0.15, 0.2) is 0 Å². The average Bonchev–Trinajstić information content (AvgIpc) is 3.04. The second kappa shape index (κ2) is 24.8. The van der Waals surface area contributed by atoms with Crippen molar-refractivity contribution in [2.75, 3.05) is 85.2 Å². The van der Waals surface area contributed by atoms with E-state index in [0.29, 0.717) is 6.61 Å². The molecule has 3 unspecified atom stereocenters. The molecule has 0 amide bonds. The maximum atomic E-state index is 12.7. The van der Waals surface area contributed by atoms with Crippen LogP contribution >= 0.6 is 0 Å². The Morgan fingerprint density at radius 1 is 0.654 bits per heavy atom. The topological polar surface area (TPSA) is 174 Å². The maximum Gasteiger partial charge on any atom is 0.320 e. The first-order valence-electron chi connectivity index (χ1n) is 19.8. The van der Waals surface area contributed by atoms with Crippen molar-refractivity contribution in [2.45, 2.75) is 148 Å². The van der Waals surface area contributed by atoms with Crippen molar-refractivity contribution in [3.05, 3.63) is 0 Å². The molecule has 2 rings (SSSR count). The number of rotatable bonds is 17. The molecule has 5 atom stereocenters. The van der Waals surface area contributed by atoms with Crippen LogP contribution in [-0.2, 0) is 28.5 Å². The molecule has 0 aliphatic carbocycles. The third kappa shape index (κ3) is 20.8. The van der Waals surface area contributed by atoms with Crippen molar-refractivity contribution >= 4 is 11.9 Å². The summed E-state index contributed by atoms with van der Waals surface area (Å²) < 4.78 is 22.2. The van der Waals surface area contributed by atoms with Crippen LogP contribution < -0.4 is 5.32 Å². The molecule has 0 radical (unpaired) electrons. The average molecular weight is 747 g/mol. The highest BCUT2D eigenvalue weighted by atomic mass is 16.7. The molecule has 2 aliphatic heterocycles. The summed E-state index contributed by atoms with van der Waals surface area (Å²) in [5.74, 6) is -0.378. The van der Waals surface area contributed by atoms with Gasteiger partial charge in [-0.05, 0) is 93.4 Å². The summed E-state index contributed by atoms with van der Waals surface area (Å²) >= 11 is 0. The normalized spacial score (nSPS) is 25.8. The van der Waals surface area contributed by atoms with Crippen molar-refractivity contribution in [3.8, 4) is 0 Å². The Kier molecular flexibility index (Phi) is 22.3. The van der Waals surface area contributed by atoms with Crippen molar-refractivity contribution < 1.29 is 49.0 Å². The Bertz CT molecular complexity index is 976. The lowest BCUT2D eigenvalue weighted by Crippen LogP contribution is -2.59. The maximum absolute atomic E-state index is 12.7. The molecular formula is C38H74N4O10. The van der Waals surface area contributed by atoms with Gasteiger partial charge in [0, 0.05) is 39.3 Å². The highest BCUT2D eigenvalue weighted by Gasteiger charge is 2.43. The summed E-state index contributed by atoms with van der Waals surface area (Å²) in [4.78, 5) is 32.3. The van der Waals surface area contributed by atoms with E-state index in [4.69, 9.17) is 18.9 Å². The fourth-order valence-corrected chi connectivity index (χ4v) is 6.48. The number of ether oxygens (including phenoxy) is 4. The molecule has 306 valence electrons. The number of carbonyl (C=O) groups excluding carboxylic acids is 2. The van der Waals surface area contributed by atoms with E-state index in [1.807, 2.05) is 41.5 Å².